The van der Waals surface area contributed by atoms with Crippen LogP contribution in [0.4, 0.5) is 0 Å². The Morgan fingerprint density at radius 2 is 1.70 bits per heavy atom. The number of para-hydroxylation sites is 1. The van der Waals surface area contributed by atoms with E-state index >= 15 is 0 Å². The second kappa shape index (κ2) is 4.97. The topological polar surface area (TPSA) is 25.0 Å². The first-order valence-corrected chi connectivity index (χ1v) is 8.10. The van der Waals surface area contributed by atoms with Crippen molar-refractivity contribution in [3.8, 4) is 0 Å². The van der Waals surface area contributed by atoms with Gasteiger partial charge in [-0.2, -0.15) is 0 Å². The molecule has 0 radical (unpaired) electrons. The molecular formula is C21H17NO. The molecule has 112 valence electrons. The van der Waals surface area contributed by atoms with Crippen molar-refractivity contribution < 1.29 is 4.74 Å². The number of fused-ring (bicyclic) bond motifs is 4. The predicted octanol–water partition coefficient (Wildman–Crippen LogP) is 4.98. The van der Waals surface area contributed by atoms with Gasteiger partial charge in [0.2, 0.25) is 0 Å². The molecule has 0 saturated carbocycles. The first-order valence-electron chi connectivity index (χ1n) is 8.10. The lowest BCUT2D eigenvalue weighted by Crippen LogP contribution is -2.16. The van der Waals surface area contributed by atoms with Crippen LogP contribution in [-0.2, 0) is 11.2 Å². The van der Waals surface area contributed by atoms with Crippen LogP contribution in [0.1, 0.15) is 22.9 Å². The van der Waals surface area contributed by atoms with Gasteiger partial charge in [-0.05, 0) is 40.5 Å². The van der Waals surface area contributed by atoms with Gasteiger partial charge in [0.1, 0.15) is 6.10 Å². The highest BCUT2D eigenvalue weighted by atomic mass is 16.5. The first kappa shape index (κ1) is 12.9. The maximum Gasteiger partial charge on any atom is 0.123 e. The minimum absolute atomic E-state index is 0.00393. The number of aromatic nitrogens is 1. The maximum absolute atomic E-state index is 6.14. The zero-order valence-corrected chi connectivity index (χ0v) is 12.8. The van der Waals surface area contributed by atoms with Crippen LogP contribution in [-0.4, -0.2) is 11.6 Å². The minimum Gasteiger partial charge on any atom is -0.367 e. The SMILES string of the molecule is c1ccc2cc([C@H]3OCCc4c3[nH]c3ccccc43)ccc2c1. The van der Waals surface area contributed by atoms with Gasteiger partial charge in [-0.3, -0.25) is 0 Å². The fourth-order valence-electron chi connectivity index (χ4n) is 3.71. The van der Waals surface area contributed by atoms with Gasteiger partial charge in [0.05, 0.1) is 12.3 Å². The molecule has 0 bridgehead atoms. The molecule has 0 spiro atoms. The standard InChI is InChI=1S/C21H17NO/c1-2-6-15-13-16(10-9-14(15)5-1)21-20-18(11-12-23-21)17-7-3-4-8-19(17)22-20/h1-10,13,21-22H,11-12H2/t21-/m1/s1. The van der Waals surface area contributed by atoms with E-state index in [1.807, 2.05) is 0 Å². The molecule has 0 saturated heterocycles. The number of H-pyrrole nitrogens is 1. The third kappa shape index (κ3) is 1.99. The van der Waals surface area contributed by atoms with Crippen molar-refractivity contribution in [3.05, 3.63) is 83.6 Å². The van der Waals surface area contributed by atoms with E-state index in [0.29, 0.717) is 0 Å². The van der Waals surface area contributed by atoms with Crippen LogP contribution in [0.3, 0.4) is 0 Å². The zero-order chi connectivity index (χ0) is 15.2. The third-order valence-corrected chi connectivity index (χ3v) is 4.82. The Balaban J connectivity index is 1.69. The highest BCUT2D eigenvalue weighted by Crippen LogP contribution is 2.37. The summed E-state index contributed by atoms with van der Waals surface area (Å²) in [6.45, 7) is 0.770. The number of aromatic amines is 1. The second-order valence-electron chi connectivity index (χ2n) is 6.17. The van der Waals surface area contributed by atoms with E-state index in [1.54, 1.807) is 0 Å². The Kier molecular flexibility index (Phi) is 2.79. The van der Waals surface area contributed by atoms with Crippen molar-refractivity contribution >= 4 is 21.7 Å². The molecular weight excluding hydrogens is 282 g/mol. The van der Waals surface area contributed by atoms with Crippen molar-refractivity contribution in [1.29, 1.82) is 0 Å². The van der Waals surface area contributed by atoms with E-state index in [1.165, 1.54) is 38.5 Å². The monoisotopic (exact) mass is 299 g/mol. The lowest BCUT2D eigenvalue weighted by atomic mass is 9.96. The van der Waals surface area contributed by atoms with E-state index in [0.717, 1.165) is 13.0 Å². The Morgan fingerprint density at radius 1 is 0.870 bits per heavy atom. The molecule has 2 heteroatoms. The molecule has 3 aromatic carbocycles. The largest absolute Gasteiger partial charge is 0.367 e. The fraction of sp³-hybridized carbons (Fsp3) is 0.143. The highest BCUT2D eigenvalue weighted by molar-refractivity contribution is 5.86. The fourth-order valence-corrected chi connectivity index (χ4v) is 3.71. The molecule has 0 amide bonds. The summed E-state index contributed by atoms with van der Waals surface area (Å²) < 4.78 is 6.14. The van der Waals surface area contributed by atoms with Crippen molar-refractivity contribution in [2.24, 2.45) is 0 Å². The predicted molar refractivity (Wildman–Crippen MR) is 93.7 cm³/mol. The lowest BCUT2D eigenvalue weighted by Gasteiger charge is -2.24. The Morgan fingerprint density at radius 3 is 2.65 bits per heavy atom. The van der Waals surface area contributed by atoms with Crippen molar-refractivity contribution in [3.63, 3.8) is 0 Å². The van der Waals surface area contributed by atoms with Gasteiger partial charge in [0, 0.05) is 10.9 Å². The van der Waals surface area contributed by atoms with Crippen LogP contribution in [0.25, 0.3) is 21.7 Å². The molecule has 0 unspecified atom stereocenters. The van der Waals surface area contributed by atoms with Gasteiger partial charge in [-0.15, -0.1) is 0 Å². The number of hydrogen-bond acceptors (Lipinski definition) is 1. The quantitative estimate of drug-likeness (QED) is 0.526. The molecule has 0 aliphatic carbocycles. The van der Waals surface area contributed by atoms with Crippen molar-refractivity contribution in [1.82, 2.24) is 4.98 Å². The summed E-state index contributed by atoms with van der Waals surface area (Å²) in [6.07, 6.45) is 0.972. The number of ether oxygens (including phenoxy) is 1. The van der Waals surface area contributed by atoms with E-state index in [4.69, 9.17) is 4.74 Å². The molecule has 1 aliphatic heterocycles. The normalized spacial score (nSPS) is 17.5. The zero-order valence-electron chi connectivity index (χ0n) is 12.8. The summed E-state index contributed by atoms with van der Waals surface area (Å²) in [5, 5.41) is 3.86. The molecule has 1 aromatic heterocycles. The molecule has 0 fully saturated rings. The van der Waals surface area contributed by atoms with Gasteiger partial charge in [-0.25, -0.2) is 0 Å². The van der Waals surface area contributed by atoms with E-state index < -0.39 is 0 Å². The number of nitrogens with one attached hydrogen (secondary N) is 1. The van der Waals surface area contributed by atoms with Crippen molar-refractivity contribution in [2.75, 3.05) is 6.61 Å². The smallest absolute Gasteiger partial charge is 0.123 e. The number of rotatable bonds is 1. The highest BCUT2D eigenvalue weighted by Gasteiger charge is 2.26. The summed E-state index contributed by atoms with van der Waals surface area (Å²) in [5.41, 5.74) is 5.04. The summed E-state index contributed by atoms with van der Waals surface area (Å²) in [4.78, 5) is 3.59. The Labute approximate surface area is 134 Å². The number of hydrogen-bond donors (Lipinski definition) is 1. The lowest BCUT2D eigenvalue weighted by molar-refractivity contribution is 0.0678. The summed E-state index contributed by atoms with van der Waals surface area (Å²) >= 11 is 0. The molecule has 23 heavy (non-hydrogen) atoms. The third-order valence-electron chi connectivity index (χ3n) is 4.82. The molecule has 4 aromatic rings. The van der Waals surface area contributed by atoms with E-state index in [-0.39, 0.29) is 6.10 Å². The maximum atomic E-state index is 6.14. The van der Waals surface area contributed by atoms with Gasteiger partial charge in [-0.1, -0.05) is 54.6 Å². The van der Waals surface area contributed by atoms with Gasteiger partial charge in [0.15, 0.2) is 0 Å². The molecule has 1 aliphatic rings. The van der Waals surface area contributed by atoms with Crippen LogP contribution in [0.5, 0.6) is 0 Å². The molecule has 1 N–H and O–H groups in total. The van der Waals surface area contributed by atoms with Gasteiger partial charge < -0.3 is 9.72 Å². The molecule has 1 atom stereocenters. The Bertz CT molecular complexity index is 1010. The molecule has 5 rings (SSSR count). The van der Waals surface area contributed by atoms with Crippen LogP contribution in [0, 0.1) is 0 Å². The van der Waals surface area contributed by atoms with E-state index in [2.05, 4.69) is 71.7 Å². The van der Waals surface area contributed by atoms with Gasteiger partial charge >= 0.3 is 0 Å². The van der Waals surface area contributed by atoms with Crippen LogP contribution >= 0.6 is 0 Å². The second-order valence-corrected chi connectivity index (χ2v) is 6.17. The first-order chi connectivity index (χ1) is 11.4. The van der Waals surface area contributed by atoms with Gasteiger partial charge in [0.25, 0.3) is 0 Å². The molecule has 2 heterocycles. The van der Waals surface area contributed by atoms with Crippen LogP contribution < -0.4 is 0 Å². The Hall–Kier alpha value is -2.58. The van der Waals surface area contributed by atoms with Crippen LogP contribution in [0.15, 0.2) is 66.7 Å². The molecule has 2 nitrogen and oxygen atoms in total. The minimum atomic E-state index is -0.00393. The van der Waals surface area contributed by atoms with E-state index in [9.17, 15) is 0 Å². The average molecular weight is 299 g/mol. The average Bonchev–Trinajstić information content (AvgIpc) is 3.00. The summed E-state index contributed by atoms with van der Waals surface area (Å²) in [5.74, 6) is 0. The summed E-state index contributed by atoms with van der Waals surface area (Å²) in [6, 6.07) is 23.6. The van der Waals surface area contributed by atoms with Crippen LogP contribution in [0.2, 0.25) is 0 Å². The number of benzene rings is 3. The summed E-state index contributed by atoms with van der Waals surface area (Å²) in [7, 11) is 0. The van der Waals surface area contributed by atoms with Crippen molar-refractivity contribution in [2.45, 2.75) is 12.5 Å².